The van der Waals surface area contributed by atoms with Crippen molar-refractivity contribution in [2.24, 2.45) is 0 Å². The molecule has 0 radical (unpaired) electrons. The molecule has 1 aromatic heterocycles. The third kappa shape index (κ3) is 1.45. The Labute approximate surface area is 100 Å². The summed E-state index contributed by atoms with van der Waals surface area (Å²) in [6.07, 6.45) is 0. The van der Waals surface area contributed by atoms with Crippen LogP contribution >= 0.6 is 11.3 Å². The van der Waals surface area contributed by atoms with Crippen molar-refractivity contribution in [3.8, 4) is 11.5 Å². The van der Waals surface area contributed by atoms with Gasteiger partial charge in [-0.2, -0.15) is 0 Å². The van der Waals surface area contributed by atoms with Crippen LogP contribution in [0.15, 0.2) is 41.2 Å². The molecule has 0 atom stereocenters. The summed E-state index contributed by atoms with van der Waals surface area (Å²) in [5, 5.41) is 20.1. The van der Waals surface area contributed by atoms with Crippen molar-refractivity contribution in [2.75, 3.05) is 0 Å². The van der Waals surface area contributed by atoms with Crippen LogP contribution in [-0.2, 0) is 0 Å². The van der Waals surface area contributed by atoms with Crippen LogP contribution in [0.3, 0.4) is 0 Å². The third-order valence-electron chi connectivity index (χ3n) is 2.66. The van der Waals surface area contributed by atoms with Crippen molar-refractivity contribution >= 4 is 31.5 Å². The molecule has 0 bridgehead atoms. The fraction of sp³-hybridized carbons (Fsp3) is 0. The molecule has 0 saturated heterocycles. The summed E-state index contributed by atoms with van der Waals surface area (Å²) in [5.41, 5.74) is -0.166. The van der Waals surface area contributed by atoms with Crippen LogP contribution in [-0.4, -0.2) is 10.2 Å². The molecule has 84 valence electrons. The van der Waals surface area contributed by atoms with E-state index in [0.29, 0.717) is 15.5 Å². The maximum atomic E-state index is 12.2. The molecule has 1 heterocycles. The van der Waals surface area contributed by atoms with Crippen molar-refractivity contribution in [1.29, 1.82) is 0 Å². The molecule has 3 aromatic rings. The molecule has 0 amide bonds. The predicted octanol–water partition coefficient (Wildman–Crippen LogP) is 2.83. The van der Waals surface area contributed by atoms with Gasteiger partial charge in [-0.05, 0) is 30.3 Å². The first-order chi connectivity index (χ1) is 8.16. The zero-order valence-electron chi connectivity index (χ0n) is 8.68. The summed E-state index contributed by atoms with van der Waals surface area (Å²) in [4.78, 5) is 12.2. The van der Waals surface area contributed by atoms with Crippen molar-refractivity contribution in [1.82, 2.24) is 0 Å². The van der Waals surface area contributed by atoms with E-state index in [-0.39, 0.29) is 16.9 Å². The first kappa shape index (κ1) is 10.1. The molecule has 0 aliphatic carbocycles. The topological polar surface area (TPSA) is 57.5 Å². The number of phenolic OH excluding ortho intramolecular Hbond substituents is 2. The number of phenols is 2. The zero-order chi connectivity index (χ0) is 12.0. The summed E-state index contributed by atoms with van der Waals surface area (Å²) in [7, 11) is 0. The minimum Gasteiger partial charge on any atom is -0.508 e. The highest BCUT2D eigenvalue weighted by atomic mass is 32.1. The van der Waals surface area contributed by atoms with E-state index in [1.54, 1.807) is 24.3 Å². The molecule has 0 spiro atoms. The maximum absolute atomic E-state index is 12.2. The third-order valence-corrected chi connectivity index (χ3v) is 3.87. The Balaban J connectivity index is 2.62. The van der Waals surface area contributed by atoms with Gasteiger partial charge in [0.25, 0.3) is 0 Å². The second-order valence-electron chi connectivity index (χ2n) is 3.77. The number of hydrogen-bond donors (Lipinski definition) is 2. The van der Waals surface area contributed by atoms with Crippen LogP contribution < -0.4 is 5.43 Å². The first-order valence-corrected chi connectivity index (χ1v) is 5.86. The van der Waals surface area contributed by atoms with Gasteiger partial charge in [0.15, 0.2) is 5.43 Å². The lowest BCUT2D eigenvalue weighted by Gasteiger charge is -2.02. The molecule has 0 fully saturated rings. The van der Waals surface area contributed by atoms with Gasteiger partial charge in [0, 0.05) is 15.5 Å². The zero-order valence-corrected chi connectivity index (χ0v) is 9.49. The molecule has 0 aliphatic heterocycles. The van der Waals surface area contributed by atoms with E-state index < -0.39 is 0 Å². The van der Waals surface area contributed by atoms with Gasteiger partial charge in [0.1, 0.15) is 11.5 Å². The molecule has 2 N–H and O–H groups in total. The van der Waals surface area contributed by atoms with Gasteiger partial charge in [-0.3, -0.25) is 4.79 Å². The average Bonchev–Trinajstić information content (AvgIpc) is 2.32. The molecule has 0 saturated carbocycles. The fourth-order valence-corrected chi connectivity index (χ4v) is 2.91. The Hall–Kier alpha value is -2.07. The monoisotopic (exact) mass is 244 g/mol. The largest absolute Gasteiger partial charge is 0.508 e. The summed E-state index contributed by atoms with van der Waals surface area (Å²) in [6, 6.07) is 9.55. The Morgan fingerprint density at radius 1 is 1.00 bits per heavy atom. The highest BCUT2D eigenvalue weighted by Gasteiger charge is 2.08. The van der Waals surface area contributed by atoms with E-state index in [1.165, 1.54) is 23.5 Å². The molecule has 17 heavy (non-hydrogen) atoms. The first-order valence-electron chi connectivity index (χ1n) is 5.04. The highest BCUT2D eigenvalue weighted by Crippen LogP contribution is 2.31. The molecule has 0 aliphatic rings. The smallest absolute Gasteiger partial charge is 0.196 e. The van der Waals surface area contributed by atoms with Crippen LogP contribution in [0, 0.1) is 0 Å². The SMILES string of the molecule is O=c1c2cc(O)ccc2sc2c(O)cccc12. The fourth-order valence-electron chi connectivity index (χ4n) is 1.85. The van der Waals surface area contributed by atoms with E-state index in [2.05, 4.69) is 0 Å². The van der Waals surface area contributed by atoms with Crippen LogP contribution in [0.1, 0.15) is 0 Å². The molecule has 0 unspecified atom stereocenters. The van der Waals surface area contributed by atoms with E-state index in [9.17, 15) is 15.0 Å². The second kappa shape index (κ2) is 3.46. The molecule has 3 nitrogen and oxygen atoms in total. The quantitative estimate of drug-likeness (QED) is 0.598. The van der Waals surface area contributed by atoms with Crippen molar-refractivity contribution < 1.29 is 10.2 Å². The molecular weight excluding hydrogens is 236 g/mol. The number of aromatic hydroxyl groups is 2. The Kier molecular flexibility index (Phi) is 2.06. The van der Waals surface area contributed by atoms with Crippen molar-refractivity contribution in [3.05, 3.63) is 46.6 Å². The summed E-state index contributed by atoms with van der Waals surface area (Å²) in [6.45, 7) is 0. The van der Waals surface area contributed by atoms with Crippen molar-refractivity contribution in [2.45, 2.75) is 0 Å². The second-order valence-corrected chi connectivity index (χ2v) is 4.82. The number of hydrogen-bond acceptors (Lipinski definition) is 4. The van der Waals surface area contributed by atoms with Gasteiger partial charge >= 0.3 is 0 Å². The van der Waals surface area contributed by atoms with Gasteiger partial charge < -0.3 is 10.2 Å². The predicted molar refractivity (Wildman–Crippen MR) is 68.9 cm³/mol. The van der Waals surface area contributed by atoms with Gasteiger partial charge in [-0.1, -0.05) is 6.07 Å². The lowest BCUT2D eigenvalue weighted by Crippen LogP contribution is -2.00. The van der Waals surface area contributed by atoms with E-state index in [1.807, 2.05) is 0 Å². The van der Waals surface area contributed by atoms with Crippen LogP contribution in [0.2, 0.25) is 0 Å². The molecule has 4 heteroatoms. The maximum Gasteiger partial charge on any atom is 0.196 e. The Morgan fingerprint density at radius 2 is 1.82 bits per heavy atom. The lowest BCUT2D eigenvalue weighted by atomic mass is 10.2. The van der Waals surface area contributed by atoms with Crippen LogP contribution in [0.4, 0.5) is 0 Å². The minimum atomic E-state index is -0.166. The normalized spacial score (nSPS) is 11.1. The van der Waals surface area contributed by atoms with Crippen LogP contribution in [0.5, 0.6) is 11.5 Å². The number of rotatable bonds is 0. The summed E-state index contributed by atoms with van der Waals surface area (Å²) < 4.78 is 1.33. The van der Waals surface area contributed by atoms with E-state index >= 15 is 0 Å². The van der Waals surface area contributed by atoms with Gasteiger partial charge in [-0.25, -0.2) is 0 Å². The Morgan fingerprint density at radius 3 is 2.65 bits per heavy atom. The van der Waals surface area contributed by atoms with Gasteiger partial charge in [0.05, 0.1) is 4.70 Å². The average molecular weight is 244 g/mol. The van der Waals surface area contributed by atoms with Gasteiger partial charge in [-0.15, -0.1) is 11.3 Å². The number of fused-ring (bicyclic) bond motifs is 2. The summed E-state index contributed by atoms with van der Waals surface area (Å²) >= 11 is 1.34. The van der Waals surface area contributed by atoms with E-state index in [4.69, 9.17) is 0 Å². The standard InChI is InChI=1S/C13H8O3S/c14-7-4-5-11-9(6-7)12(16)8-2-1-3-10(15)13(8)17-11/h1-6,14-15H. The molecular formula is C13H8O3S. The minimum absolute atomic E-state index is 0.0707. The van der Waals surface area contributed by atoms with Gasteiger partial charge in [0.2, 0.25) is 0 Å². The van der Waals surface area contributed by atoms with Crippen LogP contribution in [0.25, 0.3) is 20.2 Å². The highest BCUT2D eigenvalue weighted by molar-refractivity contribution is 7.24. The number of benzene rings is 2. The lowest BCUT2D eigenvalue weighted by molar-refractivity contribution is 0.476. The van der Waals surface area contributed by atoms with E-state index in [0.717, 1.165) is 4.70 Å². The summed E-state index contributed by atoms with van der Waals surface area (Å²) in [5.74, 6) is 0.181. The molecule has 3 rings (SSSR count). The van der Waals surface area contributed by atoms with Crippen molar-refractivity contribution in [3.63, 3.8) is 0 Å². The Bertz CT molecular complexity index is 783. The molecule has 2 aromatic carbocycles.